The van der Waals surface area contributed by atoms with Crippen molar-refractivity contribution in [3.8, 4) is 22.7 Å². The predicted molar refractivity (Wildman–Crippen MR) is 451 cm³/mol. The highest BCUT2D eigenvalue weighted by Crippen LogP contribution is 2.52. The number of para-hydroxylation sites is 6. The molecule has 0 saturated carbocycles. The zero-order valence-electron chi connectivity index (χ0n) is 60.7. The molecule has 0 aliphatic heterocycles. The molecule has 0 saturated heterocycles. The molecule has 0 amide bonds. The number of aromatic nitrogens is 4. The van der Waals surface area contributed by atoms with Crippen molar-refractivity contribution in [1.29, 1.82) is 0 Å². The molecule has 0 aliphatic carbocycles. The van der Waals surface area contributed by atoms with Crippen molar-refractivity contribution in [3.63, 3.8) is 0 Å². The van der Waals surface area contributed by atoms with Crippen LogP contribution in [0.5, 0.6) is 0 Å². The Kier molecular flexibility index (Phi) is 15.8. The Balaban J connectivity index is 0.000000146. The number of hydrogen-bond acceptors (Lipinski definition) is 0. The predicted octanol–water partition coefficient (Wildman–Crippen LogP) is 26.1. The third kappa shape index (κ3) is 10.1. The molecule has 4 aromatic heterocycles. The third-order valence-corrected chi connectivity index (χ3v) is 23.1. The first kappa shape index (κ1) is 64.6. The molecule has 107 heavy (non-hydrogen) atoms. The minimum atomic E-state index is -0.565. The van der Waals surface area contributed by atoms with Gasteiger partial charge in [0.1, 0.15) is 0 Å². The van der Waals surface area contributed by atoms with Gasteiger partial charge in [0.25, 0.3) is 0 Å². The van der Waals surface area contributed by atoms with Gasteiger partial charge in [0.15, 0.2) is 0 Å². The summed E-state index contributed by atoms with van der Waals surface area (Å²) in [7, 11) is 0. The average Bonchev–Trinajstić information content (AvgIpc) is 1.24. The second-order valence-electron chi connectivity index (χ2n) is 28.8. The van der Waals surface area contributed by atoms with E-state index in [0.29, 0.717) is 0 Å². The number of nitrogens with zero attached hydrogens (tertiary/aromatic N) is 4. The smallest absolute Gasteiger partial charge is 0.0712 e. The number of rotatable bonds is 12. The van der Waals surface area contributed by atoms with Crippen molar-refractivity contribution in [3.05, 3.63) is 455 Å². The monoisotopic (exact) mass is 1370 g/mol. The number of benzene rings is 16. The van der Waals surface area contributed by atoms with Crippen LogP contribution in [0.25, 0.3) is 110 Å². The van der Waals surface area contributed by atoms with Gasteiger partial charge in [-0.1, -0.05) is 291 Å². The number of aryl methyl sites for hydroxylation is 4. The van der Waals surface area contributed by atoms with Crippen LogP contribution in [-0.2, 0) is 10.8 Å². The van der Waals surface area contributed by atoms with Crippen LogP contribution in [0.2, 0.25) is 0 Å². The fraction of sp³-hybridized carbons (Fsp3) is 0.0680. The second kappa shape index (κ2) is 26.1. The van der Waals surface area contributed by atoms with Crippen molar-refractivity contribution in [2.75, 3.05) is 0 Å². The van der Waals surface area contributed by atoms with Gasteiger partial charge >= 0.3 is 0 Å². The maximum absolute atomic E-state index is 2.48. The molecular formula is C103H78N4. The molecule has 4 heterocycles. The molecule has 0 radical (unpaired) electrons. The van der Waals surface area contributed by atoms with E-state index in [4.69, 9.17) is 0 Å². The fourth-order valence-corrected chi connectivity index (χ4v) is 18.4. The minimum Gasteiger partial charge on any atom is -0.309 e. The Labute approximate surface area is 624 Å². The molecule has 0 fully saturated rings. The molecule has 0 aliphatic rings. The van der Waals surface area contributed by atoms with E-state index in [1.807, 2.05) is 0 Å². The maximum Gasteiger partial charge on any atom is 0.0712 e. The van der Waals surface area contributed by atoms with Crippen molar-refractivity contribution in [1.82, 2.24) is 18.3 Å². The molecule has 4 heteroatoms. The first-order valence-corrected chi connectivity index (χ1v) is 37.3. The summed E-state index contributed by atoms with van der Waals surface area (Å²) in [5, 5.41) is 10.0. The van der Waals surface area contributed by atoms with Crippen LogP contribution in [-0.4, -0.2) is 18.3 Å². The molecule has 20 rings (SSSR count). The van der Waals surface area contributed by atoms with E-state index in [9.17, 15) is 0 Å². The van der Waals surface area contributed by atoms with Crippen LogP contribution < -0.4 is 0 Å². The summed E-state index contributed by atoms with van der Waals surface area (Å²) >= 11 is 0. The standard InChI is InChI=1S/C53H42N2.C50H36N2/c1-35-17-5-11-23-45(35)53(46-24-12-6-18-36(46)2,47-25-13-7-19-37(47)3)48-34-40(30-29-38(48)4)55-51-28-16-10-22-43(51)44-33-39(31-32-52(44)55)54-49-26-14-8-20-41(49)42-21-9-15-27-50(42)54;1-35-44(50(36-18-5-2-6-19-36,37-20-7-3-8-21-37)38-22-9-4-10-23-38)27-17-31-45(35)52-48-30-16-13-26-42(48)43-34-39(32-33-49(43)52)51-46-28-14-11-24-40(46)41-25-12-15-29-47(41)51/h5-34H,1-4H3;2-34H,1H3. The normalized spacial score (nSPS) is 12.0. The summed E-state index contributed by atoms with van der Waals surface area (Å²) in [5.41, 5.74) is 29.7. The summed E-state index contributed by atoms with van der Waals surface area (Å²) in [5.74, 6) is 0. The Bertz CT molecular complexity index is 6500. The molecular weight excluding hydrogens is 1290 g/mol. The second-order valence-corrected chi connectivity index (χ2v) is 28.8. The van der Waals surface area contributed by atoms with E-state index in [0.717, 1.165) is 17.1 Å². The lowest BCUT2D eigenvalue weighted by Gasteiger charge is -2.41. The first-order valence-electron chi connectivity index (χ1n) is 37.3. The lowest BCUT2D eigenvalue weighted by atomic mass is 9.61. The van der Waals surface area contributed by atoms with E-state index >= 15 is 0 Å². The Morgan fingerprint density at radius 3 is 0.822 bits per heavy atom. The van der Waals surface area contributed by atoms with E-state index in [-0.39, 0.29) is 0 Å². The van der Waals surface area contributed by atoms with E-state index in [2.05, 4.69) is 435 Å². The molecule has 0 atom stereocenters. The van der Waals surface area contributed by atoms with Crippen LogP contribution in [0, 0.1) is 34.6 Å². The molecule has 0 unspecified atom stereocenters. The van der Waals surface area contributed by atoms with Crippen LogP contribution in [0.1, 0.15) is 72.3 Å². The van der Waals surface area contributed by atoms with Gasteiger partial charge in [-0.3, -0.25) is 0 Å². The van der Waals surface area contributed by atoms with Crippen LogP contribution in [0.15, 0.2) is 382 Å². The van der Waals surface area contributed by atoms with Crippen LogP contribution >= 0.6 is 0 Å². The molecule has 16 aromatic carbocycles. The van der Waals surface area contributed by atoms with E-state index in [1.165, 1.54) is 165 Å². The Morgan fingerprint density at radius 2 is 0.449 bits per heavy atom. The summed E-state index contributed by atoms with van der Waals surface area (Å²) in [6.45, 7) is 11.4. The van der Waals surface area contributed by atoms with Gasteiger partial charge in [0.2, 0.25) is 0 Å². The summed E-state index contributed by atoms with van der Waals surface area (Å²) in [4.78, 5) is 0. The number of fused-ring (bicyclic) bond motifs is 12. The average molecular weight is 1370 g/mol. The van der Waals surface area contributed by atoms with Gasteiger partial charge < -0.3 is 18.3 Å². The van der Waals surface area contributed by atoms with Crippen molar-refractivity contribution < 1.29 is 0 Å². The Hall–Kier alpha value is -13.3. The number of hydrogen-bond donors (Lipinski definition) is 0. The highest BCUT2D eigenvalue weighted by Gasteiger charge is 2.43. The molecule has 0 N–H and O–H groups in total. The molecule has 510 valence electrons. The minimum absolute atomic E-state index is 0.535. The van der Waals surface area contributed by atoms with Gasteiger partial charge in [-0.25, -0.2) is 0 Å². The zero-order valence-corrected chi connectivity index (χ0v) is 60.7. The summed E-state index contributed by atoms with van der Waals surface area (Å²) in [6.07, 6.45) is 0. The quantitative estimate of drug-likeness (QED) is 0.109. The topological polar surface area (TPSA) is 19.7 Å². The van der Waals surface area contributed by atoms with Gasteiger partial charge in [-0.15, -0.1) is 0 Å². The van der Waals surface area contributed by atoms with Gasteiger partial charge in [-0.2, -0.15) is 0 Å². The Morgan fingerprint density at radius 1 is 0.178 bits per heavy atom. The van der Waals surface area contributed by atoms with E-state index in [1.54, 1.807) is 0 Å². The maximum atomic E-state index is 2.48. The highest BCUT2D eigenvalue weighted by atomic mass is 15.0. The summed E-state index contributed by atoms with van der Waals surface area (Å²) < 4.78 is 9.78. The lowest BCUT2D eigenvalue weighted by Crippen LogP contribution is -2.34. The summed E-state index contributed by atoms with van der Waals surface area (Å²) in [6, 6.07) is 141. The fourth-order valence-electron chi connectivity index (χ4n) is 18.4. The largest absolute Gasteiger partial charge is 0.309 e. The highest BCUT2D eigenvalue weighted by molar-refractivity contribution is 6.14. The van der Waals surface area contributed by atoms with Crippen LogP contribution in [0.3, 0.4) is 0 Å². The SMILES string of the molecule is Cc1c(-n2c3ccccc3c3cc(-n4c5ccccc5c5ccccc54)ccc32)cccc1C(c1ccccc1)(c1ccccc1)c1ccccc1.Cc1ccccc1C(c1ccccc1C)(c1ccccc1C)c1cc(-n2c3ccccc3c3cc(-n4c5ccccc5c5ccccc54)ccc32)ccc1C. The lowest BCUT2D eigenvalue weighted by molar-refractivity contribution is 0.719. The molecule has 20 aromatic rings. The van der Waals surface area contributed by atoms with Crippen molar-refractivity contribution in [2.45, 2.75) is 45.4 Å². The van der Waals surface area contributed by atoms with Crippen molar-refractivity contribution >= 4 is 87.2 Å². The molecule has 0 bridgehead atoms. The molecule has 0 spiro atoms. The van der Waals surface area contributed by atoms with Gasteiger partial charge in [-0.05, 0) is 198 Å². The van der Waals surface area contributed by atoms with Crippen LogP contribution in [0.4, 0.5) is 0 Å². The third-order valence-electron chi connectivity index (χ3n) is 23.1. The molecule has 4 nitrogen and oxygen atoms in total. The first-order chi connectivity index (χ1) is 52.7. The van der Waals surface area contributed by atoms with Gasteiger partial charge in [0, 0.05) is 65.8 Å². The zero-order chi connectivity index (χ0) is 71.9. The van der Waals surface area contributed by atoms with Crippen molar-refractivity contribution in [2.24, 2.45) is 0 Å². The van der Waals surface area contributed by atoms with Gasteiger partial charge in [0.05, 0.1) is 55.0 Å². The van der Waals surface area contributed by atoms with E-state index < -0.39 is 10.8 Å².